The molecule has 0 aliphatic rings. The van der Waals surface area contributed by atoms with Gasteiger partial charge in [-0.05, 0) is 26.3 Å². The molecule has 0 aliphatic carbocycles. The fourth-order valence-corrected chi connectivity index (χ4v) is 1.69. The second kappa shape index (κ2) is 6.72. The molecule has 0 aliphatic heterocycles. The summed E-state index contributed by atoms with van der Waals surface area (Å²) in [4.78, 5) is 33.4. The zero-order chi connectivity index (χ0) is 14.4. The minimum Gasteiger partial charge on any atom is -0.477 e. The number of ether oxygens (including phenoxy) is 1. The number of carbonyl (C=O) groups excluding carboxylic acids is 2. The highest BCUT2D eigenvalue weighted by molar-refractivity contribution is 5.97. The van der Waals surface area contributed by atoms with Gasteiger partial charge in [-0.2, -0.15) is 0 Å². The number of carboxylic acid groups (broad SMARTS) is 1. The molecular weight excluding hydrogens is 250 g/mol. The van der Waals surface area contributed by atoms with Gasteiger partial charge in [0.25, 0.3) is 0 Å². The van der Waals surface area contributed by atoms with Gasteiger partial charge in [0.2, 0.25) is 0 Å². The molecule has 0 atom stereocenters. The molecule has 0 fully saturated rings. The van der Waals surface area contributed by atoms with Crippen molar-refractivity contribution < 1.29 is 24.2 Å². The van der Waals surface area contributed by atoms with Gasteiger partial charge in [0.15, 0.2) is 5.78 Å². The van der Waals surface area contributed by atoms with Crippen molar-refractivity contribution in [3.63, 3.8) is 0 Å². The fourth-order valence-electron chi connectivity index (χ4n) is 1.69. The van der Waals surface area contributed by atoms with Crippen LogP contribution in [0.15, 0.2) is 12.3 Å². The number of aromatic carboxylic acids is 1. The molecule has 0 radical (unpaired) electrons. The molecular formula is C13H17NO5. The number of hydrogen-bond acceptors (Lipinski definition) is 4. The third-order valence-corrected chi connectivity index (χ3v) is 2.61. The summed E-state index contributed by atoms with van der Waals surface area (Å²) in [5.41, 5.74) is 0.405. The van der Waals surface area contributed by atoms with Crippen LogP contribution in [0.2, 0.25) is 0 Å². The van der Waals surface area contributed by atoms with Gasteiger partial charge >= 0.3 is 11.9 Å². The van der Waals surface area contributed by atoms with Crippen LogP contribution in [0.4, 0.5) is 0 Å². The van der Waals surface area contributed by atoms with E-state index in [2.05, 4.69) is 0 Å². The third kappa shape index (κ3) is 4.24. The second-order valence-corrected chi connectivity index (χ2v) is 4.08. The van der Waals surface area contributed by atoms with Crippen LogP contribution in [-0.2, 0) is 16.1 Å². The van der Waals surface area contributed by atoms with Crippen LogP contribution in [0.3, 0.4) is 0 Å². The van der Waals surface area contributed by atoms with Crippen LogP contribution in [0, 0.1) is 0 Å². The Morgan fingerprint density at radius 1 is 1.37 bits per heavy atom. The van der Waals surface area contributed by atoms with Crippen molar-refractivity contribution in [3.8, 4) is 0 Å². The van der Waals surface area contributed by atoms with Crippen molar-refractivity contribution in [3.05, 3.63) is 23.5 Å². The van der Waals surface area contributed by atoms with E-state index in [1.165, 1.54) is 23.8 Å². The Hall–Kier alpha value is -2.11. The summed E-state index contributed by atoms with van der Waals surface area (Å²) < 4.78 is 6.25. The molecule has 1 N–H and O–H groups in total. The Kier molecular flexibility index (Phi) is 5.29. The van der Waals surface area contributed by atoms with Gasteiger partial charge < -0.3 is 14.4 Å². The largest absolute Gasteiger partial charge is 0.477 e. The molecule has 0 bridgehead atoms. The quantitative estimate of drug-likeness (QED) is 0.600. The van der Waals surface area contributed by atoms with E-state index in [9.17, 15) is 14.4 Å². The van der Waals surface area contributed by atoms with E-state index in [0.717, 1.165) is 0 Å². The van der Waals surface area contributed by atoms with E-state index in [-0.39, 0.29) is 23.9 Å². The molecule has 0 saturated heterocycles. The SMILES string of the molecule is CCOC(=O)CCCn1cc(C(C)=O)cc1C(=O)O. The van der Waals surface area contributed by atoms with E-state index in [4.69, 9.17) is 9.84 Å². The lowest BCUT2D eigenvalue weighted by Gasteiger charge is -2.05. The van der Waals surface area contributed by atoms with Gasteiger partial charge in [-0.15, -0.1) is 0 Å². The lowest BCUT2D eigenvalue weighted by molar-refractivity contribution is -0.143. The first-order valence-electron chi connectivity index (χ1n) is 6.05. The fraction of sp³-hybridized carbons (Fsp3) is 0.462. The van der Waals surface area contributed by atoms with Crippen molar-refractivity contribution in [1.29, 1.82) is 0 Å². The monoisotopic (exact) mass is 267 g/mol. The molecule has 19 heavy (non-hydrogen) atoms. The van der Waals surface area contributed by atoms with Gasteiger partial charge in [-0.1, -0.05) is 0 Å². The molecule has 6 heteroatoms. The summed E-state index contributed by atoms with van der Waals surface area (Å²) in [6.45, 7) is 3.79. The van der Waals surface area contributed by atoms with Gasteiger partial charge in [-0.25, -0.2) is 4.79 Å². The number of ketones is 1. The summed E-state index contributed by atoms with van der Waals surface area (Å²) in [5.74, 6) is -1.59. The summed E-state index contributed by atoms with van der Waals surface area (Å²) in [7, 11) is 0. The van der Waals surface area contributed by atoms with Crippen molar-refractivity contribution in [2.75, 3.05) is 6.61 Å². The normalized spacial score (nSPS) is 10.2. The molecule has 1 aromatic heterocycles. The Labute approximate surface area is 111 Å². The first-order valence-corrected chi connectivity index (χ1v) is 6.05. The first-order chi connectivity index (χ1) is 8.95. The number of carboxylic acids is 1. The zero-order valence-electron chi connectivity index (χ0n) is 11.0. The molecule has 0 unspecified atom stereocenters. The van der Waals surface area contributed by atoms with Crippen molar-refractivity contribution in [1.82, 2.24) is 4.57 Å². The Morgan fingerprint density at radius 2 is 2.05 bits per heavy atom. The maximum Gasteiger partial charge on any atom is 0.352 e. The maximum absolute atomic E-state index is 11.2. The summed E-state index contributed by atoms with van der Waals surface area (Å²) in [5, 5.41) is 9.03. The molecule has 6 nitrogen and oxygen atoms in total. The average molecular weight is 267 g/mol. The number of aromatic nitrogens is 1. The number of Topliss-reactive ketones (excluding diaryl/α,β-unsaturated/α-hetero) is 1. The Morgan fingerprint density at radius 3 is 2.58 bits per heavy atom. The van der Waals surface area contributed by atoms with E-state index in [0.29, 0.717) is 25.1 Å². The Bertz CT molecular complexity index is 489. The third-order valence-electron chi connectivity index (χ3n) is 2.61. The van der Waals surface area contributed by atoms with Crippen LogP contribution in [-0.4, -0.2) is 34.0 Å². The average Bonchev–Trinajstić information content (AvgIpc) is 2.74. The van der Waals surface area contributed by atoms with Crippen molar-refractivity contribution in [2.24, 2.45) is 0 Å². The highest BCUT2D eigenvalue weighted by Crippen LogP contribution is 2.11. The standard InChI is InChI=1S/C13H17NO5/c1-3-19-12(16)5-4-6-14-8-10(9(2)15)7-11(14)13(17)18/h7-8H,3-6H2,1-2H3,(H,17,18). The lowest BCUT2D eigenvalue weighted by Crippen LogP contribution is -2.10. The number of esters is 1. The molecule has 0 spiro atoms. The molecule has 0 amide bonds. The zero-order valence-corrected chi connectivity index (χ0v) is 11.0. The number of carbonyl (C=O) groups is 3. The van der Waals surface area contributed by atoms with Crippen LogP contribution < -0.4 is 0 Å². The smallest absolute Gasteiger partial charge is 0.352 e. The first kappa shape index (κ1) is 14.9. The summed E-state index contributed by atoms with van der Waals surface area (Å²) >= 11 is 0. The molecule has 104 valence electrons. The summed E-state index contributed by atoms with van der Waals surface area (Å²) in [6, 6.07) is 1.34. The van der Waals surface area contributed by atoms with Crippen LogP contribution in [0.1, 0.15) is 47.5 Å². The van der Waals surface area contributed by atoms with Crippen LogP contribution in [0.25, 0.3) is 0 Å². The van der Waals surface area contributed by atoms with E-state index < -0.39 is 5.97 Å². The topological polar surface area (TPSA) is 85.6 Å². The highest BCUT2D eigenvalue weighted by Gasteiger charge is 2.14. The maximum atomic E-state index is 11.2. The number of hydrogen-bond donors (Lipinski definition) is 1. The summed E-state index contributed by atoms with van der Waals surface area (Å²) in [6.07, 6.45) is 2.18. The van der Waals surface area contributed by atoms with Crippen LogP contribution in [0.5, 0.6) is 0 Å². The molecule has 0 saturated carbocycles. The second-order valence-electron chi connectivity index (χ2n) is 4.08. The Balaban J connectivity index is 2.69. The minimum atomic E-state index is -1.09. The number of nitrogens with zero attached hydrogens (tertiary/aromatic N) is 1. The predicted octanol–water partition coefficient (Wildman–Crippen LogP) is 1.73. The molecule has 1 heterocycles. The van der Waals surface area contributed by atoms with E-state index in [1.54, 1.807) is 6.92 Å². The van der Waals surface area contributed by atoms with Crippen LogP contribution >= 0.6 is 0 Å². The van der Waals surface area contributed by atoms with Gasteiger partial charge in [0, 0.05) is 24.7 Å². The van der Waals surface area contributed by atoms with Gasteiger partial charge in [0.1, 0.15) is 5.69 Å². The molecule has 1 rings (SSSR count). The predicted molar refractivity (Wildman–Crippen MR) is 67.3 cm³/mol. The van der Waals surface area contributed by atoms with Crippen molar-refractivity contribution >= 4 is 17.7 Å². The number of rotatable bonds is 7. The van der Waals surface area contributed by atoms with E-state index >= 15 is 0 Å². The highest BCUT2D eigenvalue weighted by atomic mass is 16.5. The van der Waals surface area contributed by atoms with E-state index in [1.807, 2.05) is 0 Å². The minimum absolute atomic E-state index is 0.0501. The van der Waals surface area contributed by atoms with Crippen molar-refractivity contribution in [2.45, 2.75) is 33.2 Å². The molecule has 1 aromatic rings. The van der Waals surface area contributed by atoms with Gasteiger partial charge in [-0.3, -0.25) is 9.59 Å². The number of aryl methyl sites for hydroxylation is 1. The lowest BCUT2D eigenvalue weighted by atomic mass is 10.2. The van der Waals surface area contributed by atoms with Gasteiger partial charge in [0.05, 0.1) is 6.61 Å². The molecule has 0 aromatic carbocycles.